The van der Waals surface area contributed by atoms with Crippen molar-refractivity contribution in [2.75, 3.05) is 36.4 Å². The van der Waals surface area contributed by atoms with Gasteiger partial charge in [-0.15, -0.1) is 0 Å². The fraction of sp³-hybridized carbons (Fsp3) is 0.310. The molecule has 3 aromatic carbocycles. The van der Waals surface area contributed by atoms with Crippen LogP contribution in [0, 0.1) is 17.6 Å². The highest BCUT2D eigenvalue weighted by atomic mass is 32.2. The molecule has 2 saturated heterocycles. The molecule has 3 aromatic rings. The van der Waals surface area contributed by atoms with Crippen LogP contribution in [0.1, 0.15) is 36.1 Å². The third kappa shape index (κ3) is 6.62. The van der Waals surface area contributed by atoms with Crippen molar-refractivity contribution in [2.45, 2.75) is 25.0 Å². The Morgan fingerprint density at radius 3 is 2.16 bits per heavy atom. The molecule has 0 aliphatic carbocycles. The normalized spacial score (nSPS) is 20.0. The summed E-state index contributed by atoms with van der Waals surface area (Å²) < 4.78 is 61.2. The predicted molar refractivity (Wildman–Crippen MR) is 151 cm³/mol. The molecule has 2 fully saturated rings. The van der Waals surface area contributed by atoms with Crippen molar-refractivity contribution in [3.8, 4) is 5.75 Å². The van der Waals surface area contributed by atoms with E-state index in [2.05, 4.69) is 5.32 Å². The van der Waals surface area contributed by atoms with E-state index in [4.69, 9.17) is 0 Å². The molecule has 0 bridgehead atoms. The number of aliphatic hydroxyl groups excluding tert-OH is 1. The van der Waals surface area contributed by atoms with Gasteiger partial charge in [0.2, 0.25) is 5.91 Å². The van der Waals surface area contributed by atoms with Gasteiger partial charge in [0.05, 0.1) is 18.1 Å². The molecule has 3 N–H and O–H groups in total. The van der Waals surface area contributed by atoms with Gasteiger partial charge in [0, 0.05) is 49.2 Å². The first-order valence-corrected chi connectivity index (χ1v) is 14.9. The number of amides is 3. The van der Waals surface area contributed by atoms with E-state index in [-0.39, 0.29) is 56.4 Å². The van der Waals surface area contributed by atoms with Crippen molar-refractivity contribution >= 4 is 33.6 Å². The van der Waals surface area contributed by atoms with Gasteiger partial charge in [-0.2, -0.15) is 0 Å². The fourth-order valence-electron chi connectivity index (χ4n) is 5.45. The minimum absolute atomic E-state index is 0.0135. The maximum Gasteiger partial charge on any atom is 0.321 e. The number of nitrogens with one attached hydrogen (secondary N) is 1. The number of anilines is 2. The maximum absolute atomic E-state index is 13.6. The number of carbonyl (C=O) groups is 2. The molecule has 5 rings (SSSR count). The molecule has 2 aliphatic heterocycles. The predicted octanol–water partition coefficient (Wildman–Crippen LogP) is 3.50. The van der Waals surface area contributed by atoms with Crippen LogP contribution in [0.15, 0.2) is 66.7 Å². The van der Waals surface area contributed by atoms with E-state index in [9.17, 15) is 41.6 Å². The molecular formula is C29H29F2N4O7S-. The van der Waals surface area contributed by atoms with E-state index in [1.807, 2.05) is 0 Å². The quantitative estimate of drug-likeness (QED) is 0.259. The van der Waals surface area contributed by atoms with E-state index < -0.39 is 46.0 Å². The monoisotopic (exact) mass is 615 g/mol. The van der Waals surface area contributed by atoms with E-state index in [0.717, 1.165) is 4.31 Å². The van der Waals surface area contributed by atoms with Crippen molar-refractivity contribution in [1.82, 2.24) is 9.21 Å². The molecule has 2 aliphatic rings. The zero-order valence-corrected chi connectivity index (χ0v) is 23.6. The molecule has 0 spiro atoms. The number of phenolic OH excluding ortho intramolecular Hbond substituents is 1. The first-order valence-electron chi connectivity index (χ1n) is 13.5. The van der Waals surface area contributed by atoms with Crippen LogP contribution in [0.25, 0.3) is 0 Å². The Labute approximate surface area is 246 Å². The molecule has 0 radical (unpaired) electrons. The van der Waals surface area contributed by atoms with Crippen LogP contribution in [0.2, 0.25) is 0 Å². The summed E-state index contributed by atoms with van der Waals surface area (Å²) >= 11 is 0. The number of piperazine rings is 1. The van der Waals surface area contributed by atoms with Crippen molar-refractivity contribution in [2.24, 2.45) is 5.92 Å². The molecule has 2 heterocycles. The van der Waals surface area contributed by atoms with E-state index in [1.165, 1.54) is 64.4 Å². The SMILES string of the molecule is O=C(Nc1ccc([C@@H]2[C@@H](CC[C@H](O)c3ccc(F)cc3)C(=O)N2c2ccc(F)cc2)c(O)c1)N1CCN(S(=O)(=O)[O-])CC1. The Morgan fingerprint density at radius 2 is 1.58 bits per heavy atom. The molecule has 11 nitrogen and oxygen atoms in total. The third-order valence-corrected chi connectivity index (χ3v) is 8.76. The van der Waals surface area contributed by atoms with Crippen LogP contribution >= 0.6 is 0 Å². The molecule has 0 aromatic heterocycles. The number of aliphatic hydroxyl groups is 1. The first-order chi connectivity index (χ1) is 20.4. The Kier molecular flexibility index (Phi) is 8.64. The van der Waals surface area contributed by atoms with Gasteiger partial charge in [0.1, 0.15) is 17.4 Å². The molecule has 0 saturated carbocycles. The third-order valence-electron chi connectivity index (χ3n) is 7.77. The average molecular weight is 616 g/mol. The lowest BCUT2D eigenvalue weighted by Crippen LogP contribution is -2.55. The number of aromatic hydroxyl groups is 1. The number of β-lactam (4-membered cyclic amide) rings is 1. The standard InChI is InChI=1S/C29H30F2N4O7S/c30-19-3-1-18(2-4-19)25(36)12-11-24-27(35(28(24)38)22-8-5-20(31)6-9-22)23-10-7-21(17-26(23)37)32-29(39)33-13-15-34(16-14-33)43(40,41)42/h1-10,17,24-25,27,36-37H,11-16H2,(H,32,39)(H,40,41,42)/p-1/t24-,25+,27-/m1/s1. The number of nitrogens with zero attached hydrogens (tertiary/aromatic N) is 3. The van der Waals surface area contributed by atoms with Crippen LogP contribution in [-0.4, -0.2) is 70.5 Å². The Bertz CT molecular complexity index is 1600. The van der Waals surface area contributed by atoms with Gasteiger partial charge >= 0.3 is 6.03 Å². The maximum atomic E-state index is 13.6. The number of urea groups is 1. The van der Waals surface area contributed by atoms with Gasteiger partial charge in [-0.25, -0.2) is 26.3 Å². The first kappa shape index (κ1) is 30.4. The van der Waals surface area contributed by atoms with Gasteiger partial charge in [0.25, 0.3) is 0 Å². The number of benzene rings is 3. The van der Waals surface area contributed by atoms with Crippen LogP contribution < -0.4 is 10.2 Å². The molecule has 228 valence electrons. The Hall–Kier alpha value is -4.11. The minimum atomic E-state index is -4.59. The summed E-state index contributed by atoms with van der Waals surface area (Å²) in [7, 11) is -4.59. The molecule has 43 heavy (non-hydrogen) atoms. The number of rotatable bonds is 8. The second-order valence-corrected chi connectivity index (χ2v) is 11.8. The lowest BCUT2D eigenvalue weighted by atomic mass is 9.78. The van der Waals surface area contributed by atoms with Crippen LogP contribution in [0.4, 0.5) is 25.0 Å². The van der Waals surface area contributed by atoms with Crippen molar-refractivity contribution in [3.05, 3.63) is 89.5 Å². The Morgan fingerprint density at radius 1 is 0.977 bits per heavy atom. The van der Waals surface area contributed by atoms with Crippen LogP contribution in [0.5, 0.6) is 5.75 Å². The number of hydrogen-bond acceptors (Lipinski definition) is 7. The van der Waals surface area contributed by atoms with Crippen molar-refractivity contribution in [1.29, 1.82) is 0 Å². The zero-order valence-electron chi connectivity index (χ0n) is 22.8. The van der Waals surface area contributed by atoms with Crippen LogP contribution in [0.3, 0.4) is 0 Å². The zero-order chi connectivity index (χ0) is 30.9. The second-order valence-electron chi connectivity index (χ2n) is 10.4. The van der Waals surface area contributed by atoms with E-state index in [0.29, 0.717) is 16.8 Å². The minimum Gasteiger partial charge on any atom is -0.735 e. The van der Waals surface area contributed by atoms with Gasteiger partial charge in [-0.05, 0) is 60.9 Å². The molecule has 0 unspecified atom stereocenters. The number of carbonyl (C=O) groups excluding carboxylic acids is 2. The average Bonchev–Trinajstić information content (AvgIpc) is 2.97. The van der Waals surface area contributed by atoms with Crippen LogP contribution in [-0.2, 0) is 15.1 Å². The topological polar surface area (TPSA) is 154 Å². The van der Waals surface area contributed by atoms with Gasteiger partial charge in [-0.1, -0.05) is 18.2 Å². The highest BCUT2D eigenvalue weighted by molar-refractivity contribution is 7.83. The summed E-state index contributed by atoms with van der Waals surface area (Å²) in [5, 5.41) is 24.3. The molecular weight excluding hydrogens is 586 g/mol. The largest absolute Gasteiger partial charge is 0.735 e. The smallest absolute Gasteiger partial charge is 0.321 e. The number of phenols is 1. The molecule has 3 atom stereocenters. The fourth-order valence-corrected chi connectivity index (χ4v) is 6.06. The summed E-state index contributed by atoms with van der Waals surface area (Å²) in [5.41, 5.74) is 1.53. The summed E-state index contributed by atoms with van der Waals surface area (Å²) in [4.78, 5) is 28.8. The summed E-state index contributed by atoms with van der Waals surface area (Å²) in [6.45, 7) is -0.232. The lowest BCUT2D eigenvalue weighted by Gasteiger charge is -2.48. The highest BCUT2D eigenvalue weighted by Gasteiger charge is 2.49. The highest BCUT2D eigenvalue weighted by Crippen LogP contribution is 2.49. The van der Waals surface area contributed by atoms with E-state index in [1.54, 1.807) is 12.1 Å². The van der Waals surface area contributed by atoms with Crippen molar-refractivity contribution in [3.63, 3.8) is 0 Å². The van der Waals surface area contributed by atoms with Gasteiger partial charge < -0.3 is 29.9 Å². The lowest BCUT2D eigenvalue weighted by molar-refractivity contribution is -0.131. The van der Waals surface area contributed by atoms with E-state index >= 15 is 0 Å². The molecule has 3 amide bonds. The summed E-state index contributed by atoms with van der Waals surface area (Å²) in [6.07, 6.45) is -0.523. The van der Waals surface area contributed by atoms with Crippen molar-refractivity contribution < 1.29 is 41.6 Å². The Balaban J connectivity index is 1.32. The second kappa shape index (κ2) is 12.2. The summed E-state index contributed by atoms with van der Waals surface area (Å²) in [5.74, 6) is -2.05. The molecule has 14 heteroatoms. The van der Waals surface area contributed by atoms with Gasteiger partial charge in [0.15, 0.2) is 10.3 Å². The summed E-state index contributed by atoms with van der Waals surface area (Å²) in [6, 6.07) is 14.0. The number of halogens is 2. The number of hydrogen-bond donors (Lipinski definition) is 3. The van der Waals surface area contributed by atoms with Gasteiger partial charge in [-0.3, -0.25) is 4.79 Å².